The summed E-state index contributed by atoms with van der Waals surface area (Å²) in [5, 5.41) is 0. The number of ether oxygens (including phenoxy) is 2. The third kappa shape index (κ3) is 1.81. The predicted octanol–water partition coefficient (Wildman–Crippen LogP) is 1.76. The van der Waals surface area contributed by atoms with Gasteiger partial charge in [0, 0.05) is 12.1 Å². The molecular weight excluding hydrogens is 194 g/mol. The number of hydrogen-bond acceptors (Lipinski definition) is 3. The Morgan fingerprint density at radius 1 is 1.29 bits per heavy atom. The van der Waals surface area contributed by atoms with E-state index >= 15 is 0 Å². The summed E-state index contributed by atoms with van der Waals surface area (Å²) in [5.74, 6) is -2.91. The van der Waals surface area contributed by atoms with Gasteiger partial charge in [-0.25, -0.2) is 13.6 Å². The molecule has 5 heteroatoms. The van der Waals surface area contributed by atoms with Crippen LogP contribution in [0.4, 0.5) is 8.78 Å². The van der Waals surface area contributed by atoms with E-state index in [0.717, 1.165) is 13.2 Å². The van der Waals surface area contributed by atoms with Crippen LogP contribution in [0, 0.1) is 11.6 Å². The molecule has 0 fully saturated rings. The number of carbonyl (C=O) groups excluding carboxylic acids is 1. The Balaban J connectivity index is 3.32. The lowest BCUT2D eigenvalue weighted by Crippen LogP contribution is -2.07. The van der Waals surface area contributed by atoms with Crippen LogP contribution in [0.25, 0.3) is 0 Å². The van der Waals surface area contributed by atoms with Crippen LogP contribution in [0.3, 0.4) is 0 Å². The molecular formula is C9H8F2O3. The second-order valence-corrected chi connectivity index (χ2v) is 2.46. The number of methoxy groups -OCH3 is 2. The Hall–Kier alpha value is -1.65. The summed E-state index contributed by atoms with van der Waals surface area (Å²) in [6.45, 7) is 0. The fourth-order valence-electron chi connectivity index (χ4n) is 1.01. The zero-order chi connectivity index (χ0) is 10.7. The van der Waals surface area contributed by atoms with Gasteiger partial charge in [0.25, 0.3) is 0 Å². The summed E-state index contributed by atoms with van der Waals surface area (Å²) in [7, 11) is 2.31. The van der Waals surface area contributed by atoms with Crippen molar-refractivity contribution >= 4 is 5.97 Å². The maximum absolute atomic E-state index is 13.1. The molecule has 1 aromatic carbocycles. The molecule has 0 saturated carbocycles. The lowest BCUT2D eigenvalue weighted by Gasteiger charge is -2.07. The van der Waals surface area contributed by atoms with E-state index in [1.165, 1.54) is 7.11 Å². The van der Waals surface area contributed by atoms with Crippen LogP contribution in [0.5, 0.6) is 5.75 Å². The van der Waals surface area contributed by atoms with Crippen molar-refractivity contribution in [3.8, 4) is 5.75 Å². The molecule has 0 aromatic heterocycles. The Morgan fingerprint density at radius 3 is 2.43 bits per heavy atom. The molecule has 14 heavy (non-hydrogen) atoms. The summed E-state index contributed by atoms with van der Waals surface area (Å²) in [5.41, 5.74) is -0.406. The maximum Gasteiger partial charge on any atom is 0.344 e. The number of halogens is 2. The van der Waals surface area contributed by atoms with Crippen LogP contribution in [-0.4, -0.2) is 20.2 Å². The summed E-state index contributed by atoms with van der Waals surface area (Å²) in [6.07, 6.45) is 0. The van der Waals surface area contributed by atoms with Crippen LogP contribution in [0.2, 0.25) is 0 Å². The van der Waals surface area contributed by atoms with Gasteiger partial charge in [0.1, 0.15) is 22.9 Å². The van der Waals surface area contributed by atoms with Crippen LogP contribution >= 0.6 is 0 Å². The maximum atomic E-state index is 13.1. The first-order valence-corrected chi connectivity index (χ1v) is 3.71. The van der Waals surface area contributed by atoms with E-state index in [4.69, 9.17) is 0 Å². The van der Waals surface area contributed by atoms with Gasteiger partial charge in [-0.1, -0.05) is 0 Å². The first-order valence-electron chi connectivity index (χ1n) is 3.71. The highest BCUT2D eigenvalue weighted by Crippen LogP contribution is 2.23. The lowest BCUT2D eigenvalue weighted by molar-refractivity contribution is 0.0591. The van der Waals surface area contributed by atoms with E-state index in [2.05, 4.69) is 9.47 Å². The molecule has 0 amide bonds. The Kier molecular flexibility index (Phi) is 3.01. The second-order valence-electron chi connectivity index (χ2n) is 2.46. The molecule has 0 saturated heterocycles. The minimum Gasteiger partial charge on any atom is -0.496 e. The highest BCUT2D eigenvalue weighted by molar-refractivity contribution is 5.92. The first kappa shape index (κ1) is 10.4. The zero-order valence-electron chi connectivity index (χ0n) is 7.64. The third-order valence-corrected chi connectivity index (χ3v) is 1.63. The average Bonchev–Trinajstić information content (AvgIpc) is 2.15. The Labute approximate surface area is 79.2 Å². The number of rotatable bonds is 2. The summed E-state index contributed by atoms with van der Waals surface area (Å²) in [6, 6.07) is 1.50. The van der Waals surface area contributed by atoms with Gasteiger partial charge >= 0.3 is 5.97 Å². The summed E-state index contributed by atoms with van der Waals surface area (Å²) < 4.78 is 34.8. The van der Waals surface area contributed by atoms with Crippen molar-refractivity contribution in [1.29, 1.82) is 0 Å². The largest absolute Gasteiger partial charge is 0.496 e. The second kappa shape index (κ2) is 4.04. The monoisotopic (exact) mass is 202 g/mol. The van der Waals surface area contributed by atoms with Crippen molar-refractivity contribution in [3.05, 3.63) is 29.3 Å². The molecule has 0 bridgehead atoms. The van der Waals surface area contributed by atoms with Crippen LogP contribution < -0.4 is 4.74 Å². The van der Waals surface area contributed by atoms with Crippen LogP contribution in [0.15, 0.2) is 12.1 Å². The lowest BCUT2D eigenvalue weighted by atomic mass is 10.2. The van der Waals surface area contributed by atoms with Crippen molar-refractivity contribution in [2.75, 3.05) is 14.2 Å². The highest BCUT2D eigenvalue weighted by Gasteiger charge is 2.19. The predicted molar refractivity (Wildman–Crippen MR) is 44.2 cm³/mol. The Bertz CT molecular complexity index is 363. The Morgan fingerprint density at radius 2 is 1.93 bits per heavy atom. The van der Waals surface area contributed by atoms with Gasteiger partial charge in [-0.2, -0.15) is 0 Å². The quantitative estimate of drug-likeness (QED) is 0.685. The standard InChI is InChI=1S/C9H8F2O3/c1-13-7-4-5(10)3-6(11)8(7)9(12)14-2/h3-4H,1-2H3. The topological polar surface area (TPSA) is 35.5 Å². The van der Waals surface area contributed by atoms with Crippen molar-refractivity contribution in [1.82, 2.24) is 0 Å². The van der Waals surface area contributed by atoms with E-state index in [1.807, 2.05) is 0 Å². The summed E-state index contributed by atoms with van der Waals surface area (Å²) in [4.78, 5) is 11.1. The zero-order valence-corrected chi connectivity index (χ0v) is 7.64. The van der Waals surface area contributed by atoms with Crippen molar-refractivity contribution in [3.63, 3.8) is 0 Å². The molecule has 0 aliphatic rings. The van der Waals surface area contributed by atoms with Crippen molar-refractivity contribution < 1.29 is 23.0 Å². The van der Waals surface area contributed by atoms with E-state index < -0.39 is 23.2 Å². The van der Waals surface area contributed by atoms with Gasteiger partial charge in [-0.05, 0) is 0 Å². The van der Waals surface area contributed by atoms with Gasteiger partial charge in [-0.3, -0.25) is 0 Å². The molecule has 3 nitrogen and oxygen atoms in total. The fraction of sp³-hybridized carbons (Fsp3) is 0.222. The smallest absolute Gasteiger partial charge is 0.344 e. The molecule has 0 atom stereocenters. The van der Waals surface area contributed by atoms with E-state index in [0.29, 0.717) is 6.07 Å². The SMILES string of the molecule is COC(=O)c1c(F)cc(F)cc1OC. The van der Waals surface area contributed by atoms with Gasteiger partial charge in [0.05, 0.1) is 14.2 Å². The van der Waals surface area contributed by atoms with Gasteiger partial charge in [0.15, 0.2) is 0 Å². The van der Waals surface area contributed by atoms with Gasteiger partial charge in [0.2, 0.25) is 0 Å². The summed E-state index contributed by atoms with van der Waals surface area (Å²) >= 11 is 0. The fourth-order valence-corrected chi connectivity index (χ4v) is 1.01. The molecule has 0 aliphatic carbocycles. The van der Waals surface area contributed by atoms with Gasteiger partial charge in [-0.15, -0.1) is 0 Å². The number of esters is 1. The molecule has 0 spiro atoms. The molecule has 76 valence electrons. The van der Waals surface area contributed by atoms with Crippen LogP contribution in [0.1, 0.15) is 10.4 Å². The molecule has 0 unspecified atom stereocenters. The van der Waals surface area contributed by atoms with E-state index in [-0.39, 0.29) is 5.75 Å². The molecule has 0 radical (unpaired) electrons. The normalized spacial score (nSPS) is 9.71. The number of benzene rings is 1. The van der Waals surface area contributed by atoms with E-state index in [1.54, 1.807) is 0 Å². The third-order valence-electron chi connectivity index (χ3n) is 1.63. The molecule has 1 rings (SSSR count). The minimum absolute atomic E-state index is 0.186. The van der Waals surface area contributed by atoms with Crippen LogP contribution in [-0.2, 0) is 4.74 Å². The molecule has 0 aliphatic heterocycles. The van der Waals surface area contributed by atoms with E-state index in [9.17, 15) is 13.6 Å². The molecule has 0 N–H and O–H groups in total. The number of carbonyl (C=O) groups is 1. The molecule has 0 heterocycles. The minimum atomic E-state index is -1.01. The first-order chi connectivity index (χ1) is 6.60. The van der Waals surface area contributed by atoms with Crippen molar-refractivity contribution in [2.24, 2.45) is 0 Å². The average molecular weight is 202 g/mol. The number of hydrogen-bond donors (Lipinski definition) is 0. The molecule has 1 aromatic rings. The highest BCUT2D eigenvalue weighted by atomic mass is 19.1. The van der Waals surface area contributed by atoms with Crippen molar-refractivity contribution in [2.45, 2.75) is 0 Å². The van der Waals surface area contributed by atoms with Gasteiger partial charge < -0.3 is 9.47 Å².